The lowest BCUT2D eigenvalue weighted by Gasteiger charge is -2.17. The first kappa shape index (κ1) is 13.8. The van der Waals surface area contributed by atoms with Crippen LogP contribution < -0.4 is 5.32 Å². The number of halogens is 3. The Kier molecular flexibility index (Phi) is 4.77. The van der Waals surface area contributed by atoms with Crippen molar-refractivity contribution in [1.29, 1.82) is 0 Å². The molecule has 0 aromatic heterocycles. The molecule has 0 saturated carbocycles. The standard InChI is InChI=1S/C11H14F3NO2/c1-17-7-8-4-2-3-5-9(8)15-6-10(16)11(12,13)14/h2-5,10,15-16H,6-7H2,1H3. The fraction of sp³-hybridized carbons (Fsp3) is 0.455. The lowest BCUT2D eigenvalue weighted by atomic mass is 10.2. The first-order valence-corrected chi connectivity index (χ1v) is 5.00. The number of benzene rings is 1. The molecule has 96 valence electrons. The Morgan fingerprint density at radius 3 is 2.59 bits per heavy atom. The Morgan fingerprint density at radius 1 is 1.35 bits per heavy atom. The molecule has 0 heterocycles. The molecule has 1 rings (SSSR count). The molecule has 0 bridgehead atoms. The minimum Gasteiger partial charge on any atom is -0.382 e. The molecule has 1 aromatic rings. The van der Waals surface area contributed by atoms with Gasteiger partial charge in [0.25, 0.3) is 0 Å². The SMILES string of the molecule is COCc1ccccc1NCC(O)C(F)(F)F. The molecule has 0 fully saturated rings. The molecule has 0 radical (unpaired) electrons. The molecule has 0 amide bonds. The zero-order chi connectivity index (χ0) is 12.9. The molecule has 0 saturated heterocycles. The number of anilines is 1. The van der Waals surface area contributed by atoms with E-state index in [2.05, 4.69) is 5.32 Å². The number of methoxy groups -OCH3 is 1. The zero-order valence-electron chi connectivity index (χ0n) is 9.29. The fourth-order valence-electron chi connectivity index (χ4n) is 1.30. The van der Waals surface area contributed by atoms with Crippen LogP contribution in [0.15, 0.2) is 24.3 Å². The topological polar surface area (TPSA) is 41.5 Å². The van der Waals surface area contributed by atoms with E-state index in [0.29, 0.717) is 12.3 Å². The van der Waals surface area contributed by atoms with Crippen LogP contribution in [0.1, 0.15) is 5.56 Å². The molecule has 1 atom stereocenters. The number of nitrogens with one attached hydrogen (secondary N) is 1. The van der Waals surface area contributed by atoms with Gasteiger partial charge in [0.1, 0.15) is 0 Å². The van der Waals surface area contributed by atoms with Gasteiger partial charge in [-0.2, -0.15) is 13.2 Å². The lowest BCUT2D eigenvalue weighted by molar-refractivity contribution is -0.198. The van der Waals surface area contributed by atoms with Crippen LogP contribution in [0.4, 0.5) is 18.9 Å². The van der Waals surface area contributed by atoms with Gasteiger partial charge in [-0.3, -0.25) is 0 Å². The van der Waals surface area contributed by atoms with E-state index in [0.717, 1.165) is 5.56 Å². The van der Waals surface area contributed by atoms with Crippen molar-refractivity contribution in [3.63, 3.8) is 0 Å². The summed E-state index contributed by atoms with van der Waals surface area (Å²) in [6.07, 6.45) is -6.98. The third kappa shape index (κ3) is 4.24. The molecule has 17 heavy (non-hydrogen) atoms. The molecule has 2 N–H and O–H groups in total. The van der Waals surface area contributed by atoms with Gasteiger partial charge in [0.2, 0.25) is 0 Å². The van der Waals surface area contributed by atoms with Gasteiger partial charge >= 0.3 is 6.18 Å². The van der Waals surface area contributed by atoms with E-state index in [1.807, 2.05) is 0 Å². The molecule has 0 spiro atoms. The highest BCUT2D eigenvalue weighted by Crippen LogP contribution is 2.21. The number of aliphatic hydroxyl groups is 1. The second-order valence-corrected chi connectivity index (χ2v) is 3.53. The van der Waals surface area contributed by atoms with E-state index in [1.165, 1.54) is 7.11 Å². The minimum atomic E-state index is -4.61. The van der Waals surface area contributed by atoms with Gasteiger partial charge in [-0.15, -0.1) is 0 Å². The van der Waals surface area contributed by atoms with E-state index in [1.54, 1.807) is 24.3 Å². The van der Waals surface area contributed by atoms with Crippen molar-refractivity contribution in [2.24, 2.45) is 0 Å². The van der Waals surface area contributed by atoms with Gasteiger partial charge in [-0.1, -0.05) is 18.2 Å². The normalized spacial score (nSPS) is 13.5. The van der Waals surface area contributed by atoms with Crippen LogP contribution >= 0.6 is 0 Å². The predicted octanol–water partition coefficient (Wildman–Crippen LogP) is 2.17. The predicted molar refractivity (Wildman–Crippen MR) is 57.7 cm³/mol. The highest BCUT2D eigenvalue weighted by Gasteiger charge is 2.37. The van der Waals surface area contributed by atoms with Gasteiger partial charge in [-0.25, -0.2) is 0 Å². The van der Waals surface area contributed by atoms with Crippen molar-refractivity contribution in [2.45, 2.75) is 18.9 Å². The molecule has 1 aromatic carbocycles. The van der Waals surface area contributed by atoms with Crippen molar-refractivity contribution >= 4 is 5.69 Å². The molecule has 0 aliphatic rings. The summed E-state index contributed by atoms with van der Waals surface area (Å²) in [4.78, 5) is 0. The Labute approximate surface area is 97.2 Å². The van der Waals surface area contributed by atoms with Crippen LogP contribution in [0.25, 0.3) is 0 Å². The fourth-order valence-corrected chi connectivity index (χ4v) is 1.30. The maximum Gasteiger partial charge on any atom is 0.416 e. The number of para-hydroxylation sites is 1. The van der Waals surface area contributed by atoms with E-state index in [-0.39, 0.29) is 0 Å². The molecule has 3 nitrogen and oxygen atoms in total. The van der Waals surface area contributed by atoms with Gasteiger partial charge in [0.15, 0.2) is 6.10 Å². The summed E-state index contributed by atoms with van der Waals surface area (Å²) in [5.74, 6) is 0. The molecule has 0 aliphatic carbocycles. The highest BCUT2D eigenvalue weighted by atomic mass is 19.4. The summed E-state index contributed by atoms with van der Waals surface area (Å²) in [6, 6.07) is 6.84. The monoisotopic (exact) mass is 249 g/mol. The Bertz CT molecular complexity index is 355. The molecule has 1 unspecified atom stereocenters. The summed E-state index contributed by atoms with van der Waals surface area (Å²) in [6.45, 7) is -0.282. The maximum atomic E-state index is 12.1. The van der Waals surface area contributed by atoms with E-state index < -0.39 is 18.8 Å². The summed E-state index contributed by atoms with van der Waals surface area (Å²) >= 11 is 0. The molecular formula is C11H14F3NO2. The molecule has 0 aliphatic heterocycles. The van der Waals surface area contributed by atoms with Crippen LogP contribution in [0.2, 0.25) is 0 Å². The van der Waals surface area contributed by atoms with Crippen molar-refractivity contribution in [1.82, 2.24) is 0 Å². The smallest absolute Gasteiger partial charge is 0.382 e. The number of hydrogen-bond acceptors (Lipinski definition) is 3. The average Bonchev–Trinajstić information content (AvgIpc) is 2.26. The van der Waals surface area contributed by atoms with Gasteiger partial charge < -0.3 is 15.2 Å². The first-order valence-electron chi connectivity index (χ1n) is 5.00. The number of hydrogen-bond donors (Lipinski definition) is 2. The molecular weight excluding hydrogens is 235 g/mol. The summed E-state index contributed by atoms with van der Waals surface area (Å²) < 4.78 is 41.2. The summed E-state index contributed by atoms with van der Waals surface area (Å²) in [5.41, 5.74) is 1.27. The van der Waals surface area contributed by atoms with Gasteiger partial charge in [0, 0.05) is 24.9 Å². The number of alkyl halides is 3. The third-order valence-electron chi connectivity index (χ3n) is 2.18. The van der Waals surface area contributed by atoms with Crippen molar-refractivity contribution < 1.29 is 23.0 Å². The number of aliphatic hydroxyl groups excluding tert-OH is 1. The Balaban J connectivity index is 2.63. The summed E-state index contributed by atoms with van der Waals surface area (Å²) in [5, 5.41) is 11.4. The van der Waals surface area contributed by atoms with Gasteiger partial charge in [-0.05, 0) is 6.07 Å². The van der Waals surface area contributed by atoms with E-state index in [4.69, 9.17) is 9.84 Å². The maximum absolute atomic E-state index is 12.1. The van der Waals surface area contributed by atoms with Crippen LogP contribution in [0, 0.1) is 0 Å². The highest BCUT2D eigenvalue weighted by molar-refractivity contribution is 5.50. The van der Waals surface area contributed by atoms with Crippen LogP contribution in [0.5, 0.6) is 0 Å². The van der Waals surface area contributed by atoms with Gasteiger partial charge in [0.05, 0.1) is 6.61 Å². The average molecular weight is 249 g/mol. The third-order valence-corrected chi connectivity index (χ3v) is 2.18. The van der Waals surface area contributed by atoms with E-state index in [9.17, 15) is 13.2 Å². The Morgan fingerprint density at radius 2 is 2.00 bits per heavy atom. The second kappa shape index (κ2) is 5.88. The van der Waals surface area contributed by atoms with Crippen molar-refractivity contribution in [3.05, 3.63) is 29.8 Å². The van der Waals surface area contributed by atoms with Crippen LogP contribution in [0.3, 0.4) is 0 Å². The summed E-state index contributed by atoms with van der Waals surface area (Å²) in [7, 11) is 1.50. The zero-order valence-corrected chi connectivity index (χ0v) is 9.29. The lowest BCUT2D eigenvalue weighted by Crippen LogP contribution is -2.35. The van der Waals surface area contributed by atoms with E-state index >= 15 is 0 Å². The van der Waals surface area contributed by atoms with Crippen LogP contribution in [-0.4, -0.2) is 31.0 Å². The van der Waals surface area contributed by atoms with Crippen LogP contribution in [-0.2, 0) is 11.3 Å². The largest absolute Gasteiger partial charge is 0.416 e. The Hall–Kier alpha value is -1.27. The number of ether oxygens (including phenoxy) is 1. The first-order chi connectivity index (χ1) is 7.95. The number of rotatable bonds is 5. The molecule has 6 heteroatoms. The second-order valence-electron chi connectivity index (χ2n) is 3.53. The minimum absolute atomic E-state index is 0.297. The van der Waals surface area contributed by atoms with Crippen molar-refractivity contribution in [3.8, 4) is 0 Å². The quantitative estimate of drug-likeness (QED) is 0.840. The van der Waals surface area contributed by atoms with Crippen molar-refractivity contribution in [2.75, 3.05) is 19.0 Å².